The molecule has 0 aliphatic rings. The Balaban J connectivity index is 2.01. The van der Waals surface area contributed by atoms with Gasteiger partial charge in [-0.3, -0.25) is 4.79 Å². The number of rotatable bonds is 4. The highest BCUT2D eigenvalue weighted by Gasteiger charge is 2.09. The van der Waals surface area contributed by atoms with Crippen molar-refractivity contribution < 1.29 is 15.0 Å². The maximum absolute atomic E-state index is 11.9. The molecule has 2 rings (SSSR count). The van der Waals surface area contributed by atoms with Crippen LogP contribution in [0.15, 0.2) is 47.4 Å². The smallest absolute Gasteiger partial charge is 0.173 e. The first-order chi connectivity index (χ1) is 9.06. The Labute approximate surface area is 119 Å². The second kappa shape index (κ2) is 5.99. The van der Waals surface area contributed by atoms with Crippen molar-refractivity contribution in [3.05, 3.63) is 53.1 Å². The monoisotopic (exact) mass is 294 g/mol. The van der Waals surface area contributed by atoms with Crippen LogP contribution in [0, 0.1) is 0 Å². The van der Waals surface area contributed by atoms with Crippen LogP contribution in [0.1, 0.15) is 10.4 Å². The predicted octanol–water partition coefficient (Wildman–Crippen LogP) is 3.73. The first-order valence-corrected chi connectivity index (χ1v) is 6.86. The minimum Gasteiger partial charge on any atom is -0.504 e. The number of aromatic hydroxyl groups is 2. The Morgan fingerprint density at radius 3 is 2.37 bits per heavy atom. The summed E-state index contributed by atoms with van der Waals surface area (Å²) in [6.07, 6.45) is 0. The van der Waals surface area contributed by atoms with Crippen molar-refractivity contribution in [2.45, 2.75) is 4.90 Å². The molecule has 0 unspecified atom stereocenters. The van der Waals surface area contributed by atoms with Crippen LogP contribution in [0.5, 0.6) is 11.5 Å². The van der Waals surface area contributed by atoms with E-state index >= 15 is 0 Å². The second-order valence-corrected chi connectivity index (χ2v) is 5.35. The average molecular weight is 295 g/mol. The number of phenolic OH excluding ortho intramolecular Hbond substituents is 2. The molecule has 19 heavy (non-hydrogen) atoms. The number of hydrogen-bond acceptors (Lipinski definition) is 4. The molecule has 2 aromatic carbocycles. The van der Waals surface area contributed by atoms with Gasteiger partial charge in [-0.15, -0.1) is 11.8 Å². The summed E-state index contributed by atoms with van der Waals surface area (Å²) in [7, 11) is 0. The second-order valence-electron chi connectivity index (χ2n) is 3.87. The van der Waals surface area contributed by atoms with Crippen LogP contribution in [0.3, 0.4) is 0 Å². The molecule has 0 radical (unpaired) electrons. The molecule has 0 atom stereocenters. The third-order valence-corrected chi connectivity index (χ3v) is 3.74. The molecule has 0 spiro atoms. The molecule has 2 N–H and O–H groups in total. The van der Waals surface area contributed by atoms with Crippen molar-refractivity contribution in [1.29, 1.82) is 0 Å². The molecule has 98 valence electrons. The Kier molecular flexibility index (Phi) is 4.35. The van der Waals surface area contributed by atoms with Gasteiger partial charge < -0.3 is 10.2 Å². The zero-order valence-electron chi connectivity index (χ0n) is 9.84. The fraction of sp³-hybridized carbons (Fsp3) is 0.0714. The number of thioether (sulfide) groups is 1. The number of carbonyl (C=O) groups is 1. The third-order valence-electron chi connectivity index (χ3n) is 2.48. The number of carbonyl (C=O) groups excluding carboxylic acids is 1. The van der Waals surface area contributed by atoms with E-state index in [1.54, 1.807) is 12.1 Å². The largest absolute Gasteiger partial charge is 0.504 e. The quantitative estimate of drug-likeness (QED) is 0.512. The van der Waals surface area contributed by atoms with E-state index in [9.17, 15) is 15.0 Å². The third kappa shape index (κ3) is 3.66. The molecule has 0 saturated carbocycles. The number of halogens is 1. The molecule has 5 heteroatoms. The Hall–Kier alpha value is -1.65. The Bertz CT molecular complexity index is 596. The van der Waals surface area contributed by atoms with Crippen LogP contribution in [0.2, 0.25) is 5.02 Å². The fourth-order valence-electron chi connectivity index (χ4n) is 1.46. The van der Waals surface area contributed by atoms with Gasteiger partial charge in [0.15, 0.2) is 17.3 Å². The van der Waals surface area contributed by atoms with Crippen LogP contribution in [0.4, 0.5) is 0 Å². The van der Waals surface area contributed by atoms with Crippen molar-refractivity contribution in [1.82, 2.24) is 0 Å². The molecule has 2 aromatic rings. The highest BCUT2D eigenvalue weighted by atomic mass is 35.5. The maximum atomic E-state index is 11.9. The van der Waals surface area contributed by atoms with E-state index in [4.69, 9.17) is 11.6 Å². The zero-order chi connectivity index (χ0) is 13.8. The van der Waals surface area contributed by atoms with Gasteiger partial charge in [-0.25, -0.2) is 0 Å². The minimum atomic E-state index is -0.289. The topological polar surface area (TPSA) is 57.5 Å². The lowest BCUT2D eigenvalue weighted by Gasteiger charge is -2.03. The minimum absolute atomic E-state index is 0.116. The van der Waals surface area contributed by atoms with E-state index in [0.29, 0.717) is 10.6 Å². The molecule has 0 fully saturated rings. The van der Waals surface area contributed by atoms with Crippen LogP contribution in [0.25, 0.3) is 0 Å². The maximum Gasteiger partial charge on any atom is 0.173 e. The number of hydrogen-bond donors (Lipinski definition) is 2. The molecule has 0 saturated heterocycles. The van der Waals surface area contributed by atoms with E-state index in [0.717, 1.165) is 4.90 Å². The fourth-order valence-corrected chi connectivity index (χ4v) is 2.38. The van der Waals surface area contributed by atoms with Crippen molar-refractivity contribution in [2.24, 2.45) is 0 Å². The number of phenols is 2. The lowest BCUT2D eigenvalue weighted by atomic mass is 10.1. The van der Waals surface area contributed by atoms with Crippen molar-refractivity contribution >= 4 is 29.1 Å². The lowest BCUT2D eigenvalue weighted by molar-refractivity contribution is 0.102. The SMILES string of the molecule is O=C(CSc1ccc(Cl)cc1)c1ccc(O)c(O)c1. The van der Waals surface area contributed by atoms with E-state index in [1.165, 1.54) is 30.0 Å². The molecular weight excluding hydrogens is 284 g/mol. The summed E-state index contributed by atoms with van der Waals surface area (Å²) in [6, 6.07) is 11.3. The van der Waals surface area contributed by atoms with Crippen LogP contribution < -0.4 is 0 Å². The predicted molar refractivity (Wildman–Crippen MR) is 76.3 cm³/mol. The van der Waals surface area contributed by atoms with E-state index in [2.05, 4.69) is 0 Å². The summed E-state index contributed by atoms with van der Waals surface area (Å²) in [6.45, 7) is 0. The first kappa shape index (κ1) is 13.8. The summed E-state index contributed by atoms with van der Waals surface area (Å²) in [5.74, 6) is -0.384. The molecule has 0 amide bonds. The van der Waals surface area contributed by atoms with Gasteiger partial charge in [0, 0.05) is 15.5 Å². The molecular formula is C14H11ClO3S. The normalized spacial score (nSPS) is 10.4. The highest BCUT2D eigenvalue weighted by molar-refractivity contribution is 8.00. The van der Waals surface area contributed by atoms with Crippen LogP contribution in [-0.2, 0) is 0 Å². The van der Waals surface area contributed by atoms with Gasteiger partial charge in [0.05, 0.1) is 5.75 Å². The lowest BCUT2D eigenvalue weighted by Crippen LogP contribution is -2.01. The highest BCUT2D eigenvalue weighted by Crippen LogP contribution is 2.26. The Morgan fingerprint density at radius 2 is 1.74 bits per heavy atom. The van der Waals surface area contributed by atoms with Gasteiger partial charge in [-0.2, -0.15) is 0 Å². The van der Waals surface area contributed by atoms with E-state index < -0.39 is 0 Å². The standard InChI is InChI=1S/C14H11ClO3S/c15-10-2-4-11(5-3-10)19-8-14(18)9-1-6-12(16)13(17)7-9/h1-7,16-17H,8H2. The van der Waals surface area contributed by atoms with Crippen LogP contribution >= 0.6 is 23.4 Å². The molecule has 0 heterocycles. The Morgan fingerprint density at radius 1 is 1.05 bits per heavy atom. The summed E-state index contributed by atoms with van der Waals surface area (Å²) >= 11 is 7.16. The molecule has 0 aliphatic heterocycles. The molecule has 0 aliphatic carbocycles. The van der Waals surface area contributed by atoms with Gasteiger partial charge >= 0.3 is 0 Å². The van der Waals surface area contributed by atoms with Gasteiger partial charge in [0.25, 0.3) is 0 Å². The molecule has 0 bridgehead atoms. The van der Waals surface area contributed by atoms with Crippen molar-refractivity contribution in [2.75, 3.05) is 5.75 Å². The first-order valence-electron chi connectivity index (χ1n) is 5.50. The summed E-state index contributed by atoms with van der Waals surface area (Å²) in [4.78, 5) is 12.9. The zero-order valence-corrected chi connectivity index (χ0v) is 11.4. The number of Topliss-reactive ketones (excluding diaryl/α,β-unsaturated/α-hetero) is 1. The summed E-state index contributed by atoms with van der Waals surface area (Å²) < 4.78 is 0. The van der Waals surface area contributed by atoms with Gasteiger partial charge in [-0.05, 0) is 42.5 Å². The van der Waals surface area contributed by atoms with E-state index in [-0.39, 0.29) is 23.0 Å². The molecule has 3 nitrogen and oxygen atoms in total. The van der Waals surface area contributed by atoms with Gasteiger partial charge in [0.1, 0.15) is 0 Å². The van der Waals surface area contributed by atoms with Crippen molar-refractivity contribution in [3.63, 3.8) is 0 Å². The summed E-state index contributed by atoms with van der Waals surface area (Å²) in [5.41, 5.74) is 0.372. The van der Waals surface area contributed by atoms with Gasteiger partial charge in [0.2, 0.25) is 0 Å². The number of benzene rings is 2. The van der Waals surface area contributed by atoms with Gasteiger partial charge in [-0.1, -0.05) is 11.6 Å². The van der Waals surface area contributed by atoms with Crippen LogP contribution in [-0.4, -0.2) is 21.7 Å². The summed E-state index contributed by atoms with van der Waals surface area (Å²) in [5, 5.41) is 19.2. The molecule has 0 aromatic heterocycles. The van der Waals surface area contributed by atoms with Crippen molar-refractivity contribution in [3.8, 4) is 11.5 Å². The average Bonchev–Trinajstić information content (AvgIpc) is 2.41. The number of ketones is 1. The van der Waals surface area contributed by atoms with E-state index in [1.807, 2.05) is 12.1 Å².